The zero-order valence-corrected chi connectivity index (χ0v) is 14.0. The second-order valence-corrected chi connectivity index (χ2v) is 6.00. The summed E-state index contributed by atoms with van der Waals surface area (Å²) in [5.41, 5.74) is 1.72. The van der Waals surface area contributed by atoms with Crippen LogP contribution in [0.1, 0.15) is 5.56 Å². The molecule has 1 aromatic heterocycles. The first kappa shape index (κ1) is 16.1. The minimum absolute atomic E-state index is 0.0730. The zero-order chi connectivity index (χ0) is 17.8. The van der Waals surface area contributed by atoms with E-state index in [2.05, 4.69) is 15.5 Å². The highest BCUT2D eigenvalue weighted by molar-refractivity contribution is 5.93. The molecule has 4 rings (SSSR count). The number of amides is 1. The van der Waals surface area contributed by atoms with Crippen LogP contribution in [0.3, 0.4) is 0 Å². The Hall–Kier alpha value is -3.41. The van der Waals surface area contributed by atoms with E-state index in [0.717, 1.165) is 11.3 Å². The molecule has 1 aliphatic rings. The van der Waals surface area contributed by atoms with Crippen LogP contribution in [0, 0.1) is 5.92 Å². The molecule has 1 N–H and O–H groups in total. The Kier molecular flexibility index (Phi) is 4.47. The molecular formula is C20H17N3O3. The normalized spacial score (nSPS) is 15.5. The fraction of sp³-hybridized carbons (Fsp3) is 0.150. The lowest BCUT2D eigenvalue weighted by molar-refractivity contribution is -0.121. The predicted octanol–water partition coefficient (Wildman–Crippen LogP) is 3.46. The fourth-order valence-electron chi connectivity index (χ4n) is 2.84. The van der Waals surface area contributed by atoms with E-state index in [0.29, 0.717) is 30.3 Å². The van der Waals surface area contributed by atoms with Gasteiger partial charge in [-0.15, -0.1) is 5.10 Å². The van der Waals surface area contributed by atoms with Crippen molar-refractivity contribution in [2.45, 2.75) is 6.42 Å². The van der Waals surface area contributed by atoms with E-state index >= 15 is 0 Å². The van der Waals surface area contributed by atoms with Crippen LogP contribution < -0.4 is 14.8 Å². The smallest absolute Gasteiger partial charge is 0.238 e. The van der Waals surface area contributed by atoms with Crippen molar-refractivity contribution < 1.29 is 14.3 Å². The van der Waals surface area contributed by atoms with Gasteiger partial charge in [-0.2, -0.15) is 5.10 Å². The van der Waals surface area contributed by atoms with Crippen molar-refractivity contribution >= 4 is 11.6 Å². The third kappa shape index (κ3) is 3.64. The van der Waals surface area contributed by atoms with Gasteiger partial charge in [0, 0.05) is 24.0 Å². The van der Waals surface area contributed by atoms with E-state index < -0.39 is 0 Å². The largest absolute Gasteiger partial charge is 0.492 e. The molecule has 1 amide bonds. The van der Waals surface area contributed by atoms with Gasteiger partial charge < -0.3 is 14.8 Å². The van der Waals surface area contributed by atoms with Gasteiger partial charge in [0.1, 0.15) is 18.1 Å². The molecule has 130 valence electrons. The minimum Gasteiger partial charge on any atom is -0.492 e. The van der Waals surface area contributed by atoms with Crippen LogP contribution in [0.4, 0.5) is 5.69 Å². The van der Waals surface area contributed by atoms with E-state index in [1.807, 2.05) is 36.4 Å². The monoisotopic (exact) mass is 347 g/mol. The molecular weight excluding hydrogens is 330 g/mol. The van der Waals surface area contributed by atoms with E-state index in [1.54, 1.807) is 30.5 Å². The average molecular weight is 347 g/mol. The summed E-state index contributed by atoms with van der Waals surface area (Å²) in [6.45, 7) is 0.374. The number of para-hydroxylation sites is 1. The maximum Gasteiger partial charge on any atom is 0.238 e. The standard InChI is InChI=1S/C20H17N3O3/c24-20(15-11-14-5-1-2-8-18(14)25-13-15)22-16-6-3-7-17(12-16)26-19-9-4-10-21-23-19/h1-10,12,15H,11,13H2,(H,22,24)/t15-/m1/s1. The van der Waals surface area contributed by atoms with Crippen molar-refractivity contribution in [3.05, 3.63) is 72.4 Å². The Bertz CT molecular complexity index is 915. The van der Waals surface area contributed by atoms with Gasteiger partial charge in [0.2, 0.25) is 11.8 Å². The lowest BCUT2D eigenvalue weighted by Gasteiger charge is -2.24. The SMILES string of the molecule is O=C(Nc1cccc(Oc2cccnn2)c1)[C@H]1COc2ccccc2C1. The van der Waals surface area contributed by atoms with Crippen molar-refractivity contribution in [2.24, 2.45) is 5.92 Å². The maximum absolute atomic E-state index is 12.6. The molecule has 0 fully saturated rings. The first-order chi connectivity index (χ1) is 12.8. The number of benzene rings is 2. The second-order valence-electron chi connectivity index (χ2n) is 6.00. The third-order valence-electron chi connectivity index (χ3n) is 4.12. The molecule has 0 unspecified atom stereocenters. The second kappa shape index (κ2) is 7.23. The van der Waals surface area contributed by atoms with Gasteiger partial charge in [-0.05, 0) is 36.2 Å². The number of anilines is 1. The van der Waals surface area contributed by atoms with Crippen molar-refractivity contribution in [3.63, 3.8) is 0 Å². The molecule has 0 saturated carbocycles. The number of aromatic nitrogens is 2. The van der Waals surface area contributed by atoms with Crippen LogP contribution in [0.5, 0.6) is 17.4 Å². The molecule has 0 spiro atoms. The van der Waals surface area contributed by atoms with Gasteiger partial charge in [-0.3, -0.25) is 4.79 Å². The molecule has 2 aromatic carbocycles. The molecule has 0 bridgehead atoms. The molecule has 1 aliphatic heterocycles. The van der Waals surface area contributed by atoms with Crippen LogP contribution in [0.15, 0.2) is 66.9 Å². The number of nitrogens with zero attached hydrogens (tertiary/aromatic N) is 2. The van der Waals surface area contributed by atoms with E-state index in [1.165, 1.54) is 0 Å². The number of carbonyl (C=O) groups is 1. The molecule has 0 aliphatic carbocycles. The number of nitrogens with one attached hydrogen (secondary N) is 1. The number of hydrogen-bond donors (Lipinski definition) is 1. The number of hydrogen-bond acceptors (Lipinski definition) is 5. The Labute approximate surface area is 150 Å². The number of rotatable bonds is 4. The summed E-state index contributed by atoms with van der Waals surface area (Å²) in [5, 5.41) is 10.6. The van der Waals surface area contributed by atoms with Gasteiger partial charge in [0.05, 0.1) is 5.92 Å². The van der Waals surface area contributed by atoms with Crippen LogP contribution in [-0.2, 0) is 11.2 Å². The summed E-state index contributed by atoms with van der Waals surface area (Å²) in [5.74, 6) is 1.53. The van der Waals surface area contributed by atoms with Gasteiger partial charge >= 0.3 is 0 Å². The fourth-order valence-corrected chi connectivity index (χ4v) is 2.84. The highest BCUT2D eigenvalue weighted by Crippen LogP contribution is 2.28. The van der Waals surface area contributed by atoms with Crippen LogP contribution in [0.25, 0.3) is 0 Å². The van der Waals surface area contributed by atoms with Crippen LogP contribution in [0.2, 0.25) is 0 Å². The lowest BCUT2D eigenvalue weighted by atomic mass is 9.96. The molecule has 0 radical (unpaired) electrons. The number of ether oxygens (including phenoxy) is 2. The van der Waals surface area contributed by atoms with Crippen LogP contribution in [-0.4, -0.2) is 22.7 Å². The first-order valence-electron chi connectivity index (χ1n) is 8.35. The highest BCUT2D eigenvalue weighted by Gasteiger charge is 2.25. The average Bonchev–Trinajstić information content (AvgIpc) is 2.68. The van der Waals surface area contributed by atoms with Gasteiger partial charge in [-0.25, -0.2) is 0 Å². The van der Waals surface area contributed by atoms with Gasteiger partial charge in [0.15, 0.2) is 0 Å². The third-order valence-corrected chi connectivity index (χ3v) is 4.12. The van der Waals surface area contributed by atoms with Crippen molar-refractivity contribution in [3.8, 4) is 17.4 Å². The van der Waals surface area contributed by atoms with E-state index in [4.69, 9.17) is 9.47 Å². The maximum atomic E-state index is 12.6. The van der Waals surface area contributed by atoms with E-state index in [9.17, 15) is 4.79 Å². The lowest BCUT2D eigenvalue weighted by Crippen LogP contribution is -2.32. The Balaban J connectivity index is 1.43. The number of carbonyl (C=O) groups excluding carboxylic acids is 1. The van der Waals surface area contributed by atoms with Gasteiger partial charge in [-0.1, -0.05) is 24.3 Å². The molecule has 1 atom stereocenters. The summed E-state index contributed by atoms with van der Waals surface area (Å²) in [6.07, 6.45) is 2.24. The topological polar surface area (TPSA) is 73.3 Å². The Morgan fingerprint density at radius 3 is 2.92 bits per heavy atom. The minimum atomic E-state index is -0.227. The molecule has 0 saturated heterocycles. The van der Waals surface area contributed by atoms with Crippen molar-refractivity contribution in [1.29, 1.82) is 0 Å². The van der Waals surface area contributed by atoms with Gasteiger partial charge in [0.25, 0.3) is 0 Å². The zero-order valence-electron chi connectivity index (χ0n) is 14.0. The summed E-state index contributed by atoms with van der Waals surface area (Å²) < 4.78 is 11.3. The predicted molar refractivity (Wildman–Crippen MR) is 96.3 cm³/mol. The van der Waals surface area contributed by atoms with Crippen LogP contribution >= 0.6 is 0 Å². The number of fused-ring (bicyclic) bond motifs is 1. The molecule has 6 heteroatoms. The molecule has 26 heavy (non-hydrogen) atoms. The highest BCUT2D eigenvalue weighted by atomic mass is 16.5. The Morgan fingerprint density at radius 2 is 2.04 bits per heavy atom. The first-order valence-corrected chi connectivity index (χ1v) is 8.35. The summed E-state index contributed by atoms with van der Waals surface area (Å²) >= 11 is 0. The molecule has 3 aromatic rings. The van der Waals surface area contributed by atoms with Crippen molar-refractivity contribution in [1.82, 2.24) is 10.2 Å². The van der Waals surface area contributed by atoms with Crippen molar-refractivity contribution in [2.75, 3.05) is 11.9 Å². The van der Waals surface area contributed by atoms with E-state index in [-0.39, 0.29) is 11.8 Å². The quantitative estimate of drug-likeness (QED) is 0.782. The molecule has 2 heterocycles. The summed E-state index contributed by atoms with van der Waals surface area (Å²) in [7, 11) is 0. The molecule has 6 nitrogen and oxygen atoms in total. The Morgan fingerprint density at radius 1 is 1.12 bits per heavy atom. The summed E-state index contributed by atoms with van der Waals surface area (Å²) in [4.78, 5) is 12.6. The summed E-state index contributed by atoms with van der Waals surface area (Å²) in [6, 6.07) is 18.4.